The third kappa shape index (κ3) is 3.84. The molecule has 7 heteroatoms. The molecule has 2 rings (SSSR count). The van der Waals surface area contributed by atoms with Gasteiger partial charge in [-0.3, -0.25) is 0 Å². The molecule has 0 saturated heterocycles. The third-order valence-electron chi connectivity index (χ3n) is 2.79. The highest BCUT2D eigenvalue weighted by Crippen LogP contribution is 2.33. The average Bonchev–Trinajstić information content (AvgIpc) is 2.66. The first kappa shape index (κ1) is 16.0. The molecule has 3 nitrogen and oxygen atoms in total. The van der Waals surface area contributed by atoms with Crippen molar-refractivity contribution in [1.82, 2.24) is 0 Å². The molecular formula is C13H13Br2NO2S2. The molecule has 0 saturated carbocycles. The van der Waals surface area contributed by atoms with Gasteiger partial charge in [-0.2, -0.15) is 0 Å². The molecule has 0 spiro atoms. The smallest absolute Gasteiger partial charge is 0.175 e. The minimum Gasteiger partial charge on any atom is -0.380 e. The van der Waals surface area contributed by atoms with Crippen molar-refractivity contribution >= 4 is 58.7 Å². The van der Waals surface area contributed by atoms with Crippen molar-refractivity contribution in [2.24, 2.45) is 0 Å². The van der Waals surface area contributed by atoms with Gasteiger partial charge in [0.05, 0.1) is 8.68 Å². The molecule has 0 fully saturated rings. The number of thiophene rings is 1. The SMILES string of the molecule is Cc1ccc(S(C)(=O)=O)cc1NCc1cc(Br)c(Br)s1. The van der Waals surface area contributed by atoms with Crippen molar-refractivity contribution in [2.45, 2.75) is 18.4 Å². The number of hydrogen-bond donors (Lipinski definition) is 1. The summed E-state index contributed by atoms with van der Waals surface area (Å²) < 4.78 is 25.2. The first-order valence-electron chi connectivity index (χ1n) is 5.75. The van der Waals surface area contributed by atoms with E-state index < -0.39 is 9.84 Å². The van der Waals surface area contributed by atoms with E-state index in [0.29, 0.717) is 11.4 Å². The fourth-order valence-corrected chi connectivity index (χ4v) is 4.45. The van der Waals surface area contributed by atoms with E-state index in [4.69, 9.17) is 0 Å². The van der Waals surface area contributed by atoms with Gasteiger partial charge in [-0.15, -0.1) is 11.3 Å². The minimum absolute atomic E-state index is 0.333. The zero-order chi connectivity index (χ0) is 14.9. The fourth-order valence-electron chi connectivity index (χ4n) is 1.68. The van der Waals surface area contributed by atoms with Crippen LogP contribution in [-0.4, -0.2) is 14.7 Å². The molecule has 0 radical (unpaired) electrons. The Hall–Kier alpha value is -0.370. The van der Waals surface area contributed by atoms with Crippen LogP contribution in [-0.2, 0) is 16.4 Å². The Kier molecular flexibility index (Phi) is 4.94. The number of nitrogens with one attached hydrogen (secondary N) is 1. The Balaban J connectivity index is 2.21. The Morgan fingerprint density at radius 2 is 1.95 bits per heavy atom. The van der Waals surface area contributed by atoms with E-state index in [-0.39, 0.29) is 0 Å². The van der Waals surface area contributed by atoms with Gasteiger partial charge in [0.25, 0.3) is 0 Å². The summed E-state index contributed by atoms with van der Waals surface area (Å²) >= 11 is 8.55. The molecule has 1 aromatic carbocycles. The highest BCUT2D eigenvalue weighted by molar-refractivity contribution is 9.13. The molecule has 0 aliphatic carbocycles. The van der Waals surface area contributed by atoms with Crippen molar-refractivity contribution in [3.63, 3.8) is 0 Å². The van der Waals surface area contributed by atoms with Crippen LogP contribution in [0.3, 0.4) is 0 Å². The maximum absolute atomic E-state index is 11.6. The topological polar surface area (TPSA) is 46.2 Å². The highest BCUT2D eigenvalue weighted by Gasteiger charge is 2.10. The maximum atomic E-state index is 11.6. The van der Waals surface area contributed by atoms with Gasteiger partial charge >= 0.3 is 0 Å². The van der Waals surface area contributed by atoms with Gasteiger partial charge in [0, 0.05) is 27.8 Å². The first-order chi connectivity index (χ1) is 9.27. The number of aryl methyl sites for hydroxylation is 1. The normalized spacial score (nSPS) is 11.6. The molecule has 2 aromatic rings. The van der Waals surface area contributed by atoms with Crippen molar-refractivity contribution in [3.8, 4) is 0 Å². The summed E-state index contributed by atoms with van der Waals surface area (Å²) in [5, 5.41) is 3.29. The molecule has 0 unspecified atom stereocenters. The van der Waals surface area contributed by atoms with Gasteiger partial charge < -0.3 is 5.32 Å². The zero-order valence-electron chi connectivity index (χ0n) is 10.9. The molecule has 0 aliphatic rings. The van der Waals surface area contributed by atoms with Crippen LogP contribution >= 0.6 is 43.2 Å². The lowest BCUT2D eigenvalue weighted by atomic mass is 10.2. The fraction of sp³-hybridized carbons (Fsp3) is 0.231. The van der Waals surface area contributed by atoms with E-state index in [0.717, 1.165) is 24.4 Å². The summed E-state index contributed by atoms with van der Waals surface area (Å²) in [6.45, 7) is 2.61. The average molecular weight is 439 g/mol. The summed E-state index contributed by atoms with van der Waals surface area (Å²) in [4.78, 5) is 1.49. The predicted octanol–water partition coefficient (Wildman–Crippen LogP) is 4.60. The van der Waals surface area contributed by atoms with Crippen molar-refractivity contribution in [1.29, 1.82) is 0 Å². The molecule has 0 bridgehead atoms. The Morgan fingerprint density at radius 1 is 1.25 bits per heavy atom. The lowest BCUT2D eigenvalue weighted by Crippen LogP contribution is -2.03. The van der Waals surface area contributed by atoms with Gasteiger partial charge in [0.2, 0.25) is 0 Å². The van der Waals surface area contributed by atoms with Crippen LogP contribution in [0.2, 0.25) is 0 Å². The van der Waals surface area contributed by atoms with Gasteiger partial charge in [0.15, 0.2) is 9.84 Å². The number of sulfone groups is 1. The maximum Gasteiger partial charge on any atom is 0.175 e. The molecule has 1 aromatic heterocycles. The predicted molar refractivity (Wildman–Crippen MR) is 91.3 cm³/mol. The molecular weight excluding hydrogens is 426 g/mol. The second-order valence-electron chi connectivity index (χ2n) is 4.44. The lowest BCUT2D eigenvalue weighted by Gasteiger charge is -2.10. The van der Waals surface area contributed by atoms with Crippen LogP contribution in [0.4, 0.5) is 5.69 Å². The van der Waals surface area contributed by atoms with Gasteiger partial charge in [-0.25, -0.2) is 8.42 Å². The van der Waals surface area contributed by atoms with Crippen LogP contribution in [0, 0.1) is 6.92 Å². The largest absolute Gasteiger partial charge is 0.380 e. The first-order valence-corrected chi connectivity index (χ1v) is 10.0. The van der Waals surface area contributed by atoms with Crippen LogP contribution in [0.5, 0.6) is 0 Å². The summed E-state index contributed by atoms with van der Waals surface area (Å²) in [5.41, 5.74) is 1.86. The summed E-state index contributed by atoms with van der Waals surface area (Å²) in [7, 11) is -3.18. The summed E-state index contributed by atoms with van der Waals surface area (Å²) in [6, 6.07) is 7.17. The van der Waals surface area contributed by atoms with Gasteiger partial charge in [-0.05, 0) is 62.5 Å². The van der Waals surface area contributed by atoms with E-state index in [1.807, 2.05) is 19.1 Å². The Labute approximate surface area is 139 Å². The van der Waals surface area contributed by atoms with Crippen LogP contribution in [0.25, 0.3) is 0 Å². The number of benzene rings is 1. The van der Waals surface area contributed by atoms with Crippen molar-refractivity contribution < 1.29 is 8.42 Å². The quantitative estimate of drug-likeness (QED) is 0.758. The number of rotatable bonds is 4. The Morgan fingerprint density at radius 3 is 2.50 bits per heavy atom. The van der Waals surface area contributed by atoms with Gasteiger partial charge in [0.1, 0.15) is 0 Å². The molecule has 20 heavy (non-hydrogen) atoms. The molecule has 1 heterocycles. The molecule has 0 amide bonds. The highest BCUT2D eigenvalue weighted by atomic mass is 79.9. The molecule has 0 aliphatic heterocycles. The number of hydrogen-bond acceptors (Lipinski definition) is 4. The van der Waals surface area contributed by atoms with E-state index in [9.17, 15) is 8.42 Å². The van der Waals surface area contributed by atoms with E-state index in [2.05, 4.69) is 37.2 Å². The van der Waals surface area contributed by atoms with E-state index in [1.54, 1.807) is 23.5 Å². The van der Waals surface area contributed by atoms with Crippen molar-refractivity contribution in [3.05, 3.63) is 43.0 Å². The monoisotopic (exact) mass is 437 g/mol. The molecule has 0 atom stereocenters. The van der Waals surface area contributed by atoms with E-state index in [1.165, 1.54) is 6.26 Å². The number of halogens is 2. The minimum atomic E-state index is -3.18. The second kappa shape index (κ2) is 6.17. The molecule has 1 N–H and O–H groups in total. The lowest BCUT2D eigenvalue weighted by molar-refractivity contribution is 0.602. The third-order valence-corrected chi connectivity index (χ3v) is 7.15. The zero-order valence-corrected chi connectivity index (χ0v) is 15.7. The van der Waals surface area contributed by atoms with Crippen molar-refractivity contribution in [2.75, 3.05) is 11.6 Å². The summed E-state index contributed by atoms with van der Waals surface area (Å²) in [5.74, 6) is 0. The van der Waals surface area contributed by atoms with Crippen LogP contribution in [0.15, 0.2) is 37.4 Å². The van der Waals surface area contributed by atoms with Crippen LogP contribution < -0.4 is 5.32 Å². The van der Waals surface area contributed by atoms with Gasteiger partial charge in [-0.1, -0.05) is 6.07 Å². The van der Waals surface area contributed by atoms with E-state index >= 15 is 0 Å². The second-order valence-corrected chi connectivity index (χ2v) is 9.76. The van der Waals surface area contributed by atoms with Crippen LogP contribution in [0.1, 0.15) is 10.4 Å². The Bertz CT molecular complexity index is 719. The summed E-state index contributed by atoms with van der Waals surface area (Å²) in [6.07, 6.45) is 1.22. The number of anilines is 1. The molecule has 108 valence electrons. The standard InChI is InChI=1S/C13H13Br2NO2S2/c1-8-3-4-10(20(2,17)18)6-12(8)16-7-9-5-11(14)13(15)19-9/h3-6,16H,7H2,1-2H3.